The molecule has 5 rings (SSSR count). The summed E-state index contributed by atoms with van der Waals surface area (Å²) in [7, 11) is -0.517. The van der Waals surface area contributed by atoms with Gasteiger partial charge in [-0.2, -0.15) is 0 Å². The molecule has 2 N–H and O–H groups in total. The van der Waals surface area contributed by atoms with E-state index in [4.69, 9.17) is 0 Å². The molecular weight excluding hydrogens is 680 g/mol. The van der Waals surface area contributed by atoms with Gasteiger partial charge in [-0.15, -0.1) is 11.8 Å². The lowest BCUT2D eigenvalue weighted by molar-refractivity contribution is -0.384. The maximum absolute atomic E-state index is 13.2. The number of piperazine rings is 1. The maximum atomic E-state index is 13.2. The summed E-state index contributed by atoms with van der Waals surface area (Å²) >= 11 is 1.63. The molecule has 1 atom stereocenters. The topological polar surface area (TPSA) is 128 Å². The summed E-state index contributed by atoms with van der Waals surface area (Å²) in [5.41, 5.74) is 1.88. The van der Waals surface area contributed by atoms with Crippen LogP contribution in [0.1, 0.15) is 22.3 Å². The second-order valence-corrected chi connectivity index (χ2v) is 15.1. The van der Waals surface area contributed by atoms with Crippen molar-refractivity contribution in [1.29, 1.82) is 0 Å². The summed E-state index contributed by atoms with van der Waals surface area (Å²) in [5.74, 6) is -0.460. The standard InChI is InChI=1S/C36H41FN6O5S2/c1-40(2)19-18-30(26-49-32-6-4-3-5-7-32)38-34-17-16-33(24-35(34)43(45)46)50(47,48)39-36(44)28-10-14-31(15-11-28)42-22-20-41(21-23-42)25-27-8-12-29(37)13-9-27/h3-17,24,30,38H,18-23,25-26H2,1-2H3,(H,39,44). The molecule has 1 heterocycles. The average molecular weight is 721 g/mol. The number of carbonyl (C=O) groups excluding carboxylic acids is 1. The molecule has 1 aliphatic rings. The predicted octanol–water partition coefficient (Wildman–Crippen LogP) is 5.70. The summed E-state index contributed by atoms with van der Waals surface area (Å²) in [6.45, 7) is 4.61. The maximum Gasteiger partial charge on any atom is 0.293 e. The molecule has 4 aromatic rings. The van der Waals surface area contributed by atoms with Crippen molar-refractivity contribution in [2.24, 2.45) is 0 Å². The molecule has 0 bridgehead atoms. The van der Waals surface area contributed by atoms with E-state index >= 15 is 0 Å². The van der Waals surface area contributed by atoms with Gasteiger partial charge in [0.25, 0.3) is 21.6 Å². The summed E-state index contributed by atoms with van der Waals surface area (Å²) < 4.78 is 41.8. The second kappa shape index (κ2) is 16.9. The van der Waals surface area contributed by atoms with Gasteiger partial charge in [-0.1, -0.05) is 30.3 Å². The lowest BCUT2D eigenvalue weighted by atomic mass is 10.1. The Balaban J connectivity index is 1.20. The molecule has 0 aliphatic carbocycles. The first-order chi connectivity index (χ1) is 24.0. The van der Waals surface area contributed by atoms with Crippen LogP contribution in [0.5, 0.6) is 0 Å². The summed E-state index contributed by atoms with van der Waals surface area (Å²) in [6, 6.07) is 26.5. The highest BCUT2D eigenvalue weighted by Crippen LogP contribution is 2.30. The minimum Gasteiger partial charge on any atom is -0.376 e. The van der Waals surface area contributed by atoms with Crippen molar-refractivity contribution in [3.63, 3.8) is 0 Å². The van der Waals surface area contributed by atoms with Gasteiger partial charge >= 0.3 is 0 Å². The van der Waals surface area contributed by atoms with Crippen LogP contribution in [-0.2, 0) is 16.6 Å². The van der Waals surface area contributed by atoms with Crippen LogP contribution in [0.3, 0.4) is 0 Å². The van der Waals surface area contributed by atoms with Gasteiger partial charge in [0.15, 0.2) is 0 Å². The number of hydrogen-bond acceptors (Lipinski definition) is 10. The Morgan fingerprint density at radius 1 is 0.960 bits per heavy atom. The fourth-order valence-corrected chi connectivity index (χ4v) is 7.56. The first kappa shape index (κ1) is 36.8. The monoisotopic (exact) mass is 720 g/mol. The van der Waals surface area contributed by atoms with E-state index in [9.17, 15) is 27.7 Å². The Labute approximate surface area is 296 Å². The second-order valence-electron chi connectivity index (χ2n) is 12.4. The third-order valence-corrected chi connectivity index (χ3v) is 10.9. The fourth-order valence-electron chi connectivity index (χ4n) is 5.57. The van der Waals surface area contributed by atoms with Crippen LogP contribution in [0.2, 0.25) is 0 Å². The van der Waals surface area contributed by atoms with Gasteiger partial charge in [-0.3, -0.25) is 19.8 Å². The molecule has 0 saturated carbocycles. The molecular formula is C36H41FN6O5S2. The number of thioether (sulfide) groups is 1. The highest BCUT2D eigenvalue weighted by atomic mass is 32.2. The zero-order valence-corrected chi connectivity index (χ0v) is 29.6. The summed E-state index contributed by atoms with van der Waals surface area (Å²) in [4.78, 5) is 31.7. The molecule has 1 aliphatic heterocycles. The normalized spacial score (nSPS) is 14.4. The lowest BCUT2D eigenvalue weighted by Crippen LogP contribution is -2.46. The number of sulfonamides is 1. The number of halogens is 1. The Kier molecular flexibility index (Phi) is 12.5. The highest BCUT2D eigenvalue weighted by Gasteiger charge is 2.25. The van der Waals surface area contributed by atoms with Crippen molar-refractivity contribution in [2.75, 3.05) is 62.8 Å². The van der Waals surface area contributed by atoms with Crippen LogP contribution in [0, 0.1) is 15.9 Å². The quantitative estimate of drug-likeness (QED) is 0.0897. The minimum absolute atomic E-state index is 0.139. The van der Waals surface area contributed by atoms with E-state index in [1.54, 1.807) is 48.2 Å². The number of nitrogens with one attached hydrogen (secondary N) is 2. The minimum atomic E-state index is -4.42. The number of anilines is 2. The average Bonchev–Trinajstić information content (AvgIpc) is 3.11. The highest BCUT2D eigenvalue weighted by molar-refractivity contribution is 7.99. The number of amides is 1. The molecule has 0 spiro atoms. The van der Waals surface area contributed by atoms with Crippen LogP contribution < -0.4 is 14.9 Å². The van der Waals surface area contributed by atoms with Crippen molar-refractivity contribution in [1.82, 2.24) is 14.5 Å². The Morgan fingerprint density at radius 3 is 2.28 bits per heavy atom. The van der Waals surface area contributed by atoms with Crippen LogP contribution in [0.25, 0.3) is 0 Å². The fraction of sp³-hybridized carbons (Fsp3) is 0.306. The van der Waals surface area contributed by atoms with E-state index in [-0.39, 0.29) is 28.0 Å². The number of nitrogens with zero attached hydrogens (tertiary/aromatic N) is 4. The van der Waals surface area contributed by atoms with Crippen molar-refractivity contribution in [3.8, 4) is 0 Å². The number of rotatable bonds is 15. The smallest absolute Gasteiger partial charge is 0.293 e. The first-order valence-corrected chi connectivity index (χ1v) is 18.7. The number of carbonyl (C=O) groups is 1. The van der Waals surface area contributed by atoms with E-state index < -0.39 is 26.5 Å². The van der Waals surface area contributed by atoms with Crippen molar-refractivity contribution >= 4 is 44.8 Å². The van der Waals surface area contributed by atoms with Crippen molar-refractivity contribution < 1.29 is 22.5 Å². The lowest BCUT2D eigenvalue weighted by Gasteiger charge is -2.36. The number of nitro benzene ring substituents is 1. The largest absolute Gasteiger partial charge is 0.376 e. The van der Waals surface area contributed by atoms with E-state index in [1.807, 2.05) is 49.3 Å². The molecule has 4 aromatic carbocycles. The third kappa shape index (κ3) is 10.3. The van der Waals surface area contributed by atoms with Gasteiger partial charge in [0.1, 0.15) is 11.5 Å². The molecule has 1 amide bonds. The molecule has 0 aromatic heterocycles. The van der Waals surface area contributed by atoms with Gasteiger partial charge in [0.05, 0.1) is 9.82 Å². The van der Waals surface area contributed by atoms with Crippen LogP contribution >= 0.6 is 11.8 Å². The summed E-state index contributed by atoms with van der Waals surface area (Å²) in [5, 5.41) is 15.4. The van der Waals surface area contributed by atoms with E-state index in [0.717, 1.165) is 61.5 Å². The number of nitro groups is 1. The van der Waals surface area contributed by atoms with Crippen molar-refractivity contribution in [3.05, 3.63) is 124 Å². The Hall–Kier alpha value is -4.50. The molecule has 264 valence electrons. The number of hydrogen-bond donors (Lipinski definition) is 2. The third-order valence-electron chi connectivity index (χ3n) is 8.37. The molecule has 1 unspecified atom stereocenters. The molecule has 14 heteroatoms. The van der Waals surface area contributed by atoms with Crippen LogP contribution in [-0.4, -0.2) is 87.7 Å². The van der Waals surface area contributed by atoms with E-state index in [0.29, 0.717) is 12.2 Å². The van der Waals surface area contributed by atoms with E-state index in [1.165, 1.54) is 24.3 Å². The zero-order chi connectivity index (χ0) is 35.7. The van der Waals surface area contributed by atoms with Gasteiger partial charge in [-0.05, 0) is 93.3 Å². The first-order valence-electron chi connectivity index (χ1n) is 16.2. The summed E-state index contributed by atoms with van der Waals surface area (Å²) in [6.07, 6.45) is 0.701. The SMILES string of the molecule is CN(C)CCC(CSc1ccccc1)Nc1ccc(S(=O)(=O)NC(=O)c2ccc(N3CCN(Cc4ccc(F)cc4)CC3)cc2)cc1[N+](=O)[O-]. The molecule has 1 saturated heterocycles. The predicted molar refractivity (Wildman–Crippen MR) is 196 cm³/mol. The van der Waals surface area contributed by atoms with Gasteiger partial charge in [0, 0.05) is 66.7 Å². The molecule has 0 radical (unpaired) electrons. The molecule has 1 fully saturated rings. The Bertz CT molecular complexity index is 1850. The molecule has 50 heavy (non-hydrogen) atoms. The van der Waals surface area contributed by atoms with Gasteiger partial charge < -0.3 is 15.1 Å². The van der Waals surface area contributed by atoms with Crippen LogP contribution in [0.15, 0.2) is 107 Å². The van der Waals surface area contributed by atoms with Gasteiger partial charge in [0.2, 0.25) is 0 Å². The molecule has 11 nitrogen and oxygen atoms in total. The van der Waals surface area contributed by atoms with Gasteiger partial charge in [-0.25, -0.2) is 17.5 Å². The Morgan fingerprint density at radius 2 is 1.64 bits per heavy atom. The van der Waals surface area contributed by atoms with Crippen molar-refractivity contribution in [2.45, 2.75) is 28.8 Å². The van der Waals surface area contributed by atoms with E-state index in [2.05, 4.69) is 19.8 Å². The van der Waals surface area contributed by atoms with Crippen LogP contribution in [0.4, 0.5) is 21.5 Å². The number of benzene rings is 4. The zero-order valence-electron chi connectivity index (χ0n) is 28.0.